The molecule has 2 aromatic heterocycles. The molecule has 0 bridgehead atoms. The summed E-state index contributed by atoms with van der Waals surface area (Å²) in [6, 6.07) is 6.19. The molecular weight excluding hydrogens is 269 g/mol. The second-order valence-corrected chi connectivity index (χ2v) is 4.86. The first-order valence-electron chi connectivity index (χ1n) is 6.43. The van der Waals surface area contributed by atoms with Crippen molar-refractivity contribution < 1.29 is 4.39 Å². The summed E-state index contributed by atoms with van der Waals surface area (Å²) in [5, 5.41) is 4.12. The number of nitrogens with two attached hydrogens (primary N) is 1. The van der Waals surface area contributed by atoms with Gasteiger partial charge >= 0.3 is 0 Å². The molecule has 0 atom stereocenters. The zero-order chi connectivity index (χ0) is 15.0. The summed E-state index contributed by atoms with van der Waals surface area (Å²) < 4.78 is 14.9. The van der Waals surface area contributed by atoms with E-state index < -0.39 is 0 Å². The van der Waals surface area contributed by atoms with Crippen molar-refractivity contribution in [1.29, 1.82) is 0 Å². The molecule has 0 saturated heterocycles. The summed E-state index contributed by atoms with van der Waals surface area (Å²) in [5.41, 5.74) is 8.93. The van der Waals surface area contributed by atoms with Crippen LogP contribution in [0.2, 0.25) is 0 Å². The van der Waals surface area contributed by atoms with E-state index in [1.165, 1.54) is 12.1 Å². The van der Waals surface area contributed by atoms with Gasteiger partial charge in [0.15, 0.2) is 5.82 Å². The summed E-state index contributed by atoms with van der Waals surface area (Å²) in [7, 11) is 1.83. The van der Waals surface area contributed by atoms with Crippen LogP contribution in [0, 0.1) is 12.7 Å². The van der Waals surface area contributed by atoms with Crippen LogP contribution in [0.15, 0.2) is 36.7 Å². The Balaban J connectivity index is 2.13. The third-order valence-corrected chi connectivity index (χ3v) is 3.18. The molecule has 21 heavy (non-hydrogen) atoms. The lowest BCUT2D eigenvalue weighted by Crippen LogP contribution is -1.99. The minimum Gasteiger partial charge on any atom is -0.384 e. The highest BCUT2D eigenvalue weighted by Gasteiger charge is 2.11. The molecule has 2 N–H and O–H groups in total. The molecule has 0 fully saturated rings. The van der Waals surface area contributed by atoms with Crippen molar-refractivity contribution in [3.8, 4) is 22.6 Å². The first-order chi connectivity index (χ1) is 10.0. The number of hydrogen-bond donors (Lipinski definition) is 1. The third-order valence-electron chi connectivity index (χ3n) is 3.18. The normalized spacial score (nSPS) is 10.8. The van der Waals surface area contributed by atoms with Crippen LogP contribution in [0.5, 0.6) is 0 Å². The van der Waals surface area contributed by atoms with E-state index in [1.54, 1.807) is 23.0 Å². The molecule has 2 heterocycles. The molecular formula is C15H14FN5. The van der Waals surface area contributed by atoms with Crippen LogP contribution in [-0.2, 0) is 7.05 Å². The average Bonchev–Trinajstić information content (AvgIpc) is 2.84. The summed E-state index contributed by atoms with van der Waals surface area (Å²) in [4.78, 5) is 8.75. The lowest BCUT2D eigenvalue weighted by molar-refractivity contribution is 0.627. The zero-order valence-corrected chi connectivity index (χ0v) is 11.7. The minimum atomic E-state index is -0.285. The standard InChI is InChI=1S/C15H14FN5/c1-9-5-11(16)3-4-12(9)15-19-13(6-14(17)20-15)10-7-18-21(2)8-10/h3-8H,1-2H3,(H2,17,19,20). The van der Waals surface area contributed by atoms with E-state index in [9.17, 15) is 4.39 Å². The highest BCUT2D eigenvalue weighted by molar-refractivity contribution is 5.67. The van der Waals surface area contributed by atoms with E-state index in [0.717, 1.165) is 16.7 Å². The van der Waals surface area contributed by atoms with E-state index in [4.69, 9.17) is 5.73 Å². The van der Waals surface area contributed by atoms with Gasteiger partial charge in [0.05, 0.1) is 11.9 Å². The molecule has 0 aliphatic carbocycles. The van der Waals surface area contributed by atoms with Crippen molar-refractivity contribution in [3.05, 3.63) is 48.0 Å². The van der Waals surface area contributed by atoms with Gasteiger partial charge in [0.1, 0.15) is 11.6 Å². The van der Waals surface area contributed by atoms with Gasteiger partial charge in [0, 0.05) is 30.4 Å². The molecule has 0 aliphatic rings. The molecule has 1 aromatic carbocycles. The van der Waals surface area contributed by atoms with E-state index >= 15 is 0 Å². The Morgan fingerprint density at radius 2 is 2.00 bits per heavy atom. The molecule has 106 valence electrons. The Morgan fingerprint density at radius 3 is 2.67 bits per heavy atom. The number of nitrogen functional groups attached to an aromatic ring is 1. The van der Waals surface area contributed by atoms with Crippen molar-refractivity contribution in [2.45, 2.75) is 6.92 Å². The monoisotopic (exact) mass is 283 g/mol. The van der Waals surface area contributed by atoms with Gasteiger partial charge in [0.25, 0.3) is 0 Å². The smallest absolute Gasteiger partial charge is 0.162 e. The van der Waals surface area contributed by atoms with Crippen LogP contribution in [0.3, 0.4) is 0 Å². The van der Waals surface area contributed by atoms with Gasteiger partial charge in [-0.15, -0.1) is 0 Å². The van der Waals surface area contributed by atoms with E-state index in [1.807, 2.05) is 20.2 Å². The van der Waals surface area contributed by atoms with Gasteiger partial charge < -0.3 is 5.73 Å². The number of benzene rings is 1. The van der Waals surface area contributed by atoms with Crippen LogP contribution in [0.1, 0.15) is 5.56 Å². The highest BCUT2D eigenvalue weighted by atomic mass is 19.1. The van der Waals surface area contributed by atoms with Crippen LogP contribution in [0.4, 0.5) is 10.2 Å². The Hall–Kier alpha value is -2.76. The maximum Gasteiger partial charge on any atom is 0.162 e. The van der Waals surface area contributed by atoms with Crippen molar-refractivity contribution in [1.82, 2.24) is 19.7 Å². The molecule has 0 amide bonds. The van der Waals surface area contributed by atoms with Crippen LogP contribution < -0.4 is 5.73 Å². The Bertz CT molecular complexity index is 810. The number of rotatable bonds is 2. The number of aryl methyl sites for hydroxylation is 2. The molecule has 0 aliphatic heterocycles. The maximum atomic E-state index is 13.2. The zero-order valence-electron chi connectivity index (χ0n) is 11.7. The molecule has 0 spiro atoms. The minimum absolute atomic E-state index is 0.285. The van der Waals surface area contributed by atoms with Gasteiger partial charge in [0.2, 0.25) is 0 Å². The fourth-order valence-corrected chi connectivity index (χ4v) is 2.17. The van der Waals surface area contributed by atoms with Gasteiger partial charge in [-0.2, -0.15) is 5.10 Å². The largest absolute Gasteiger partial charge is 0.384 e. The van der Waals surface area contributed by atoms with E-state index in [0.29, 0.717) is 17.3 Å². The van der Waals surface area contributed by atoms with E-state index in [-0.39, 0.29) is 5.82 Å². The first-order valence-corrected chi connectivity index (χ1v) is 6.43. The fraction of sp³-hybridized carbons (Fsp3) is 0.133. The van der Waals surface area contributed by atoms with Gasteiger partial charge in [-0.05, 0) is 30.7 Å². The first kappa shape index (κ1) is 13.2. The number of aromatic nitrogens is 4. The predicted molar refractivity (Wildman–Crippen MR) is 78.8 cm³/mol. The van der Waals surface area contributed by atoms with E-state index in [2.05, 4.69) is 15.1 Å². The number of halogens is 1. The number of anilines is 1. The second kappa shape index (κ2) is 4.97. The SMILES string of the molecule is Cc1cc(F)ccc1-c1nc(N)cc(-c2cnn(C)c2)n1. The number of hydrogen-bond acceptors (Lipinski definition) is 4. The Morgan fingerprint density at radius 1 is 1.19 bits per heavy atom. The third kappa shape index (κ3) is 2.60. The molecule has 0 radical (unpaired) electrons. The second-order valence-electron chi connectivity index (χ2n) is 4.86. The molecule has 3 aromatic rings. The predicted octanol–water partition coefficient (Wildman–Crippen LogP) is 2.57. The Kier molecular flexibility index (Phi) is 3.13. The molecule has 0 saturated carbocycles. The van der Waals surface area contributed by atoms with Crippen molar-refractivity contribution in [2.75, 3.05) is 5.73 Å². The summed E-state index contributed by atoms with van der Waals surface area (Å²) >= 11 is 0. The lowest BCUT2D eigenvalue weighted by Gasteiger charge is -2.07. The van der Waals surface area contributed by atoms with Gasteiger partial charge in [-0.3, -0.25) is 4.68 Å². The number of nitrogens with zero attached hydrogens (tertiary/aromatic N) is 4. The molecule has 0 unspecified atom stereocenters. The average molecular weight is 283 g/mol. The van der Waals surface area contributed by atoms with Gasteiger partial charge in [-0.25, -0.2) is 14.4 Å². The molecule has 3 rings (SSSR count). The molecule has 6 heteroatoms. The van der Waals surface area contributed by atoms with Crippen molar-refractivity contribution in [2.24, 2.45) is 7.05 Å². The van der Waals surface area contributed by atoms with Crippen LogP contribution >= 0.6 is 0 Å². The topological polar surface area (TPSA) is 69.6 Å². The fourth-order valence-electron chi connectivity index (χ4n) is 2.17. The Labute approximate surface area is 121 Å². The van der Waals surface area contributed by atoms with Crippen LogP contribution in [-0.4, -0.2) is 19.7 Å². The highest BCUT2D eigenvalue weighted by Crippen LogP contribution is 2.25. The summed E-state index contributed by atoms with van der Waals surface area (Å²) in [6.07, 6.45) is 3.56. The van der Waals surface area contributed by atoms with Gasteiger partial charge in [-0.1, -0.05) is 0 Å². The van der Waals surface area contributed by atoms with Crippen molar-refractivity contribution >= 4 is 5.82 Å². The quantitative estimate of drug-likeness (QED) is 0.784. The van der Waals surface area contributed by atoms with Crippen LogP contribution in [0.25, 0.3) is 22.6 Å². The van der Waals surface area contributed by atoms with Crippen molar-refractivity contribution in [3.63, 3.8) is 0 Å². The lowest BCUT2D eigenvalue weighted by atomic mass is 10.1. The molecule has 5 nitrogen and oxygen atoms in total. The maximum absolute atomic E-state index is 13.2. The summed E-state index contributed by atoms with van der Waals surface area (Å²) in [6.45, 7) is 1.81. The summed E-state index contributed by atoms with van der Waals surface area (Å²) in [5.74, 6) is 0.557.